The van der Waals surface area contributed by atoms with Crippen LogP contribution in [0.1, 0.15) is 17.3 Å². The average Bonchev–Trinajstić information content (AvgIpc) is 2.61. The van der Waals surface area contributed by atoms with Crippen molar-refractivity contribution in [3.8, 4) is 0 Å². The van der Waals surface area contributed by atoms with Gasteiger partial charge in [0.25, 0.3) is 0 Å². The molecule has 0 saturated heterocycles. The van der Waals surface area contributed by atoms with Crippen molar-refractivity contribution < 1.29 is 18.0 Å². The summed E-state index contributed by atoms with van der Waals surface area (Å²) in [6, 6.07) is 18.5. The third-order valence-corrected chi connectivity index (χ3v) is 5.59. The van der Waals surface area contributed by atoms with Crippen LogP contribution in [0.15, 0.2) is 71.6 Å². The van der Waals surface area contributed by atoms with Crippen LogP contribution >= 0.6 is 0 Å². The van der Waals surface area contributed by atoms with Crippen LogP contribution in [0, 0.1) is 0 Å². The number of rotatable bonds is 5. The van der Waals surface area contributed by atoms with Gasteiger partial charge in [-0.1, -0.05) is 30.3 Å². The van der Waals surface area contributed by atoms with E-state index in [1.807, 2.05) is 24.3 Å². The first-order chi connectivity index (χ1) is 12.3. The van der Waals surface area contributed by atoms with E-state index in [2.05, 4.69) is 5.32 Å². The third-order valence-electron chi connectivity index (χ3n) is 3.98. The number of nitrogens with one attached hydrogen (secondary N) is 1. The number of ketones is 1. The molecule has 0 aromatic heterocycles. The van der Waals surface area contributed by atoms with Crippen LogP contribution in [0.5, 0.6) is 0 Å². The van der Waals surface area contributed by atoms with E-state index in [1.54, 1.807) is 36.4 Å². The van der Waals surface area contributed by atoms with Gasteiger partial charge in [0.2, 0.25) is 5.91 Å². The smallest absolute Gasteiger partial charge is 0.239 e. The summed E-state index contributed by atoms with van der Waals surface area (Å²) in [5.74, 6) is -1.37. The van der Waals surface area contributed by atoms with Crippen molar-refractivity contribution in [1.82, 2.24) is 0 Å². The predicted molar refractivity (Wildman–Crippen MR) is 101 cm³/mol. The molecule has 0 aliphatic heterocycles. The Morgan fingerprint density at radius 1 is 0.885 bits per heavy atom. The standard InChI is InChI=1S/C20H17NO4S/c1-14(22)15-6-9-18(10-7-15)21-20(23)13-26(24,25)19-11-8-16-4-2-3-5-17(16)12-19/h2-12H,13H2,1H3,(H,21,23). The summed E-state index contributed by atoms with van der Waals surface area (Å²) in [5, 5.41) is 4.27. The molecule has 0 atom stereocenters. The van der Waals surface area contributed by atoms with E-state index in [-0.39, 0.29) is 10.7 Å². The third kappa shape index (κ3) is 3.97. The zero-order valence-corrected chi connectivity index (χ0v) is 14.9. The molecule has 0 fully saturated rings. The highest BCUT2D eigenvalue weighted by Gasteiger charge is 2.20. The summed E-state index contributed by atoms with van der Waals surface area (Å²) in [6.45, 7) is 1.45. The molecule has 0 bridgehead atoms. The maximum Gasteiger partial charge on any atom is 0.239 e. The minimum Gasteiger partial charge on any atom is -0.325 e. The van der Waals surface area contributed by atoms with Gasteiger partial charge in [-0.2, -0.15) is 0 Å². The molecule has 0 saturated carbocycles. The van der Waals surface area contributed by atoms with E-state index in [9.17, 15) is 18.0 Å². The van der Waals surface area contributed by atoms with Gasteiger partial charge in [0.15, 0.2) is 15.6 Å². The van der Waals surface area contributed by atoms with Gasteiger partial charge in [-0.05, 0) is 54.1 Å². The number of hydrogen-bond acceptors (Lipinski definition) is 4. The Hall–Kier alpha value is -2.99. The van der Waals surface area contributed by atoms with Crippen molar-refractivity contribution in [3.05, 3.63) is 72.3 Å². The summed E-state index contributed by atoms with van der Waals surface area (Å²) in [4.78, 5) is 23.5. The Kier molecular flexibility index (Phi) is 4.86. The SMILES string of the molecule is CC(=O)c1ccc(NC(=O)CS(=O)(=O)c2ccc3ccccc3c2)cc1. The second-order valence-electron chi connectivity index (χ2n) is 5.95. The first-order valence-corrected chi connectivity index (χ1v) is 9.63. The van der Waals surface area contributed by atoms with Crippen molar-refractivity contribution in [2.75, 3.05) is 11.1 Å². The topological polar surface area (TPSA) is 80.3 Å². The van der Waals surface area contributed by atoms with Crippen LogP contribution in [0.4, 0.5) is 5.69 Å². The summed E-state index contributed by atoms with van der Waals surface area (Å²) < 4.78 is 25.0. The largest absolute Gasteiger partial charge is 0.325 e. The highest BCUT2D eigenvalue weighted by Crippen LogP contribution is 2.20. The number of carbonyl (C=O) groups excluding carboxylic acids is 2. The summed E-state index contributed by atoms with van der Waals surface area (Å²) in [6.07, 6.45) is 0. The minimum absolute atomic E-state index is 0.0817. The van der Waals surface area contributed by atoms with Crippen molar-refractivity contribution in [3.63, 3.8) is 0 Å². The van der Waals surface area contributed by atoms with E-state index in [4.69, 9.17) is 0 Å². The lowest BCUT2D eigenvalue weighted by Crippen LogP contribution is -2.23. The van der Waals surface area contributed by atoms with Crippen molar-refractivity contribution in [2.24, 2.45) is 0 Å². The van der Waals surface area contributed by atoms with Crippen LogP contribution in [0.2, 0.25) is 0 Å². The molecule has 0 aliphatic rings. The Morgan fingerprint density at radius 2 is 1.54 bits per heavy atom. The quantitative estimate of drug-likeness (QED) is 0.701. The number of carbonyl (C=O) groups is 2. The van der Waals surface area contributed by atoms with Gasteiger partial charge < -0.3 is 5.32 Å². The Morgan fingerprint density at radius 3 is 2.19 bits per heavy atom. The Balaban J connectivity index is 1.75. The van der Waals surface area contributed by atoms with Gasteiger partial charge >= 0.3 is 0 Å². The Bertz CT molecular complexity index is 1090. The van der Waals surface area contributed by atoms with E-state index >= 15 is 0 Å². The van der Waals surface area contributed by atoms with Gasteiger partial charge in [-0.25, -0.2) is 8.42 Å². The highest BCUT2D eigenvalue weighted by atomic mass is 32.2. The van der Waals surface area contributed by atoms with Crippen molar-refractivity contribution in [1.29, 1.82) is 0 Å². The lowest BCUT2D eigenvalue weighted by Gasteiger charge is -2.08. The van der Waals surface area contributed by atoms with Crippen LogP contribution < -0.4 is 5.32 Å². The molecule has 0 radical (unpaired) electrons. The first-order valence-electron chi connectivity index (χ1n) is 7.97. The van der Waals surface area contributed by atoms with Gasteiger partial charge in [0, 0.05) is 11.3 Å². The number of amides is 1. The summed E-state index contributed by atoms with van der Waals surface area (Å²) in [5.41, 5.74) is 0.959. The van der Waals surface area contributed by atoms with Crippen LogP contribution in [-0.4, -0.2) is 25.9 Å². The first kappa shape index (κ1) is 17.8. The van der Waals surface area contributed by atoms with Crippen LogP contribution in [0.25, 0.3) is 10.8 Å². The van der Waals surface area contributed by atoms with E-state index in [0.29, 0.717) is 11.3 Å². The molecule has 0 unspecified atom stereocenters. The fraction of sp³-hybridized carbons (Fsp3) is 0.100. The number of fused-ring (bicyclic) bond motifs is 1. The molecule has 0 aliphatic carbocycles. The maximum absolute atomic E-state index is 12.5. The highest BCUT2D eigenvalue weighted by molar-refractivity contribution is 7.92. The molecule has 1 amide bonds. The number of benzene rings is 3. The molecule has 132 valence electrons. The lowest BCUT2D eigenvalue weighted by atomic mass is 10.1. The normalized spacial score (nSPS) is 11.3. The van der Waals surface area contributed by atoms with E-state index in [0.717, 1.165) is 10.8 Å². The second kappa shape index (κ2) is 7.09. The summed E-state index contributed by atoms with van der Waals surface area (Å²) >= 11 is 0. The fourth-order valence-corrected chi connectivity index (χ4v) is 3.77. The number of anilines is 1. The molecule has 6 heteroatoms. The van der Waals surface area contributed by atoms with Crippen LogP contribution in [0.3, 0.4) is 0 Å². The van der Waals surface area contributed by atoms with Gasteiger partial charge in [-0.15, -0.1) is 0 Å². The molecule has 0 heterocycles. The van der Waals surface area contributed by atoms with Gasteiger partial charge in [0.05, 0.1) is 4.90 Å². The molecular weight excluding hydrogens is 350 g/mol. The number of hydrogen-bond donors (Lipinski definition) is 1. The fourth-order valence-electron chi connectivity index (χ4n) is 2.60. The van der Waals surface area contributed by atoms with Crippen LogP contribution in [-0.2, 0) is 14.6 Å². The van der Waals surface area contributed by atoms with Crippen molar-refractivity contribution in [2.45, 2.75) is 11.8 Å². The number of sulfone groups is 1. The molecule has 5 nitrogen and oxygen atoms in total. The van der Waals surface area contributed by atoms with E-state index in [1.165, 1.54) is 13.0 Å². The summed E-state index contributed by atoms with van der Waals surface area (Å²) in [7, 11) is -3.76. The molecule has 3 aromatic carbocycles. The average molecular weight is 367 g/mol. The number of Topliss-reactive ketones (excluding diaryl/α,β-unsaturated/α-hetero) is 1. The molecule has 3 rings (SSSR count). The molecule has 26 heavy (non-hydrogen) atoms. The van der Waals surface area contributed by atoms with Gasteiger partial charge in [0.1, 0.15) is 5.75 Å². The molecule has 3 aromatic rings. The minimum atomic E-state index is -3.76. The van der Waals surface area contributed by atoms with Crippen molar-refractivity contribution >= 4 is 38.0 Å². The lowest BCUT2D eigenvalue weighted by molar-refractivity contribution is -0.113. The maximum atomic E-state index is 12.5. The molecule has 1 N–H and O–H groups in total. The zero-order chi connectivity index (χ0) is 18.7. The monoisotopic (exact) mass is 367 g/mol. The van der Waals surface area contributed by atoms with Gasteiger partial charge in [-0.3, -0.25) is 9.59 Å². The Labute approximate surface area is 151 Å². The predicted octanol–water partition coefficient (Wildman–Crippen LogP) is 3.45. The zero-order valence-electron chi connectivity index (χ0n) is 14.1. The van der Waals surface area contributed by atoms with E-state index < -0.39 is 21.5 Å². The molecular formula is C20H17NO4S. The second-order valence-corrected chi connectivity index (χ2v) is 7.94. The molecule has 0 spiro atoms.